The van der Waals surface area contributed by atoms with Gasteiger partial charge in [0, 0.05) is 19.0 Å². The van der Waals surface area contributed by atoms with Crippen molar-refractivity contribution in [2.24, 2.45) is 11.8 Å². The van der Waals surface area contributed by atoms with Crippen molar-refractivity contribution in [2.75, 3.05) is 32.8 Å². The van der Waals surface area contributed by atoms with Crippen LogP contribution in [0.2, 0.25) is 0 Å². The van der Waals surface area contributed by atoms with Crippen LogP contribution in [0.3, 0.4) is 0 Å². The molecule has 0 spiro atoms. The van der Waals surface area contributed by atoms with E-state index in [0.29, 0.717) is 18.9 Å². The SMILES string of the molecule is CCOC(=O)CCC1CCCN(C2CCNCC2C)C1. The predicted octanol–water partition coefficient (Wildman–Crippen LogP) is 2.04. The summed E-state index contributed by atoms with van der Waals surface area (Å²) in [6, 6.07) is 0.738. The van der Waals surface area contributed by atoms with Crippen LogP contribution in [0.5, 0.6) is 0 Å². The molecular weight excluding hydrogens is 252 g/mol. The molecule has 3 atom stereocenters. The van der Waals surface area contributed by atoms with E-state index in [1.807, 2.05) is 6.92 Å². The zero-order chi connectivity index (χ0) is 14.4. The first-order valence-corrected chi connectivity index (χ1v) is 8.31. The van der Waals surface area contributed by atoms with Gasteiger partial charge >= 0.3 is 5.97 Å². The molecule has 0 amide bonds. The first-order valence-electron chi connectivity index (χ1n) is 8.31. The topological polar surface area (TPSA) is 41.6 Å². The summed E-state index contributed by atoms with van der Waals surface area (Å²) in [5.74, 6) is 1.39. The van der Waals surface area contributed by atoms with E-state index in [1.54, 1.807) is 0 Å². The van der Waals surface area contributed by atoms with Gasteiger partial charge in [0.05, 0.1) is 6.61 Å². The van der Waals surface area contributed by atoms with E-state index in [9.17, 15) is 4.79 Å². The summed E-state index contributed by atoms with van der Waals surface area (Å²) in [5, 5.41) is 3.48. The lowest BCUT2D eigenvalue weighted by Crippen LogP contribution is -2.51. The van der Waals surface area contributed by atoms with Gasteiger partial charge in [0.15, 0.2) is 0 Å². The van der Waals surface area contributed by atoms with Gasteiger partial charge in [-0.05, 0) is 64.1 Å². The molecule has 2 saturated heterocycles. The fraction of sp³-hybridized carbons (Fsp3) is 0.938. The van der Waals surface area contributed by atoms with Crippen molar-refractivity contribution in [3.05, 3.63) is 0 Å². The molecule has 4 nitrogen and oxygen atoms in total. The molecule has 1 N–H and O–H groups in total. The second kappa shape index (κ2) is 7.99. The van der Waals surface area contributed by atoms with Crippen LogP contribution in [-0.4, -0.2) is 49.7 Å². The Bertz CT molecular complexity index is 309. The smallest absolute Gasteiger partial charge is 0.305 e. The molecule has 4 heteroatoms. The van der Waals surface area contributed by atoms with Crippen LogP contribution >= 0.6 is 0 Å². The van der Waals surface area contributed by atoms with Crippen molar-refractivity contribution in [2.45, 2.75) is 52.0 Å². The highest BCUT2D eigenvalue weighted by Crippen LogP contribution is 2.27. The van der Waals surface area contributed by atoms with Gasteiger partial charge in [0.2, 0.25) is 0 Å². The second-order valence-corrected chi connectivity index (χ2v) is 6.38. The summed E-state index contributed by atoms with van der Waals surface area (Å²) in [7, 11) is 0. The number of carbonyl (C=O) groups excluding carboxylic acids is 1. The lowest BCUT2D eigenvalue weighted by atomic mass is 9.88. The minimum absolute atomic E-state index is 0.0279. The van der Waals surface area contributed by atoms with Gasteiger partial charge in [-0.25, -0.2) is 0 Å². The number of hydrogen-bond donors (Lipinski definition) is 1. The first-order chi connectivity index (χ1) is 9.70. The maximum Gasteiger partial charge on any atom is 0.305 e. The zero-order valence-corrected chi connectivity index (χ0v) is 13.1. The van der Waals surface area contributed by atoms with E-state index < -0.39 is 0 Å². The maximum atomic E-state index is 11.5. The number of hydrogen-bond acceptors (Lipinski definition) is 4. The van der Waals surface area contributed by atoms with E-state index in [1.165, 1.54) is 32.4 Å². The molecule has 116 valence electrons. The van der Waals surface area contributed by atoms with Crippen molar-refractivity contribution >= 4 is 5.97 Å². The van der Waals surface area contributed by atoms with E-state index >= 15 is 0 Å². The monoisotopic (exact) mass is 282 g/mol. The fourth-order valence-electron chi connectivity index (χ4n) is 3.73. The van der Waals surface area contributed by atoms with Gasteiger partial charge in [-0.15, -0.1) is 0 Å². The molecule has 20 heavy (non-hydrogen) atoms. The van der Waals surface area contributed by atoms with Crippen LogP contribution in [0.15, 0.2) is 0 Å². The fourth-order valence-corrected chi connectivity index (χ4v) is 3.73. The third kappa shape index (κ3) is 4.45. The van der Waals surface area contributed by atoms with Gasteiger partial charge in [-0.3, -0.25) is 9.69 Å². The molecule has 2 rings (SSSR count). The number of nitrogens with zero attached hydrogens (tertiary/aromatic N) is 1. The lowest BCUT2D eigenvalue weighted by Gasteiger charge is -2.43. The van der Waals surface area contributed by atoms with Gasteiger partial charge in [-0.1, -0.05) is 6.92 Å². The van der Waals surface area contributed by atoms with Crippen LogP contribution in [0.1, 0.15) is 46.0 Å². The first kappa shape index (κ1) is 15.8. The van der Waals surface area contributed by atoms with Crippen LogP contribution in [0.4, 0.5) is 0 Å². The molecular formula is C16H30N2O2. The van der Waals surface area contributed by atoms with Crippen LogP contribution in [0.25, 0.3) is 0 Å². The molecule has 0 bridgehead atoms. The van der Waals surface area contributed by atoms with Crippen molar-refractivity contribution in [3.63, 3.8) is 0 Å². The van der Waals surface area contributed by atoms with Crippen molar-refractivity contribution in [3.8, 4) is 0 Å². The van der Waals surface area contributed by atoms with Gasteiger partial charge in [0.25, 0.3) is 0 Å². The Morgan fingerprint density at radius 1 is 1.40 bits per heavy atom. The molecule has 0 aromatic heterocycles. The molecule has 0 aromatic rings. The minimum atomic E-state index is -0.0279. The average molecular weight is 282 g/mol. The second-order valence-electron chi connectivity index (χ2n) is 6.38. The van der Waals surface area contributed by atoms with Crippen LogP contribution in [0, 0.1) is 11.8 Å². The van der Waals surface area contributed by atoms with Gasteiger partial charge < -0.3 is 10.1 Å². The third-order valence-electron chi connectivity index (χ3n) is 4.82. The number of piperidine rings is 2. The highest BCUT2D eigenvalue weighted by atomic mass is 16.5. The van der Waals surface area contributed by atoms with E-state index in [2.05, 4.69) is 17.1 Å². The van der Waals surface area contributed by atoms with Crippen molar-refractivity contribution in [1.82, 2.24) is 10.2 Å². The Hall–Kier alpha value is -0.610. The molecule has 0 radical (unpaired) electrons. The van der Waals surface area contributed by atoms with E-state index in [4.69, 9.17) is 4.74 Å². The summed E-state index contributed by atoms with van der Waals surface area (Å²) < 4.78 is 5.03. The van der Waals surface area contributed by atoms with Crippen molar-refractivity contribution in [1.29, 1.82) is 0 Å². The minimum Gasteiger partial charge on any atom is -0.466 e. The predicted molar refractivity (Wildman–Crippen MR) is 80.6 cm³/mol. The molecule has 0 aromatic carbocycles. The number of nitrogens with one attached hydrogen (secondary N) is 1. The van der Waals surface area contributed by atoms with Gasteiger partial charge in [-0.2, -0.15) is 0 Å². The van der Waals surface area contributed by atoms with Crippen LogP contribution < -0.4 is 5.32 Å². The Balaban J connectivity index is 1.77. The Labute approximate surface area is 123 Å². The maximum absolute atomic E-state index is 11.5. The standard InChI is InChI=1S/C16H30N2O2/c1-3-20-16(19)7-6-14-5-4-10-18(12-14)15-8-9-17-11-13(15)2/h13-15,17H,3-12H2,1-2H3. The number of carbonyl (C=O) groups is 1. The Morgan fingerprint density at radius 3 is 3.00 bits per heavy atom. The largest absolute Gasteiger partial charge is 0.466 e. The number of rotatable bonds is 5. The van der Waals surface area contributed by atoms with E-state index in [0.717, 1.165) is 31.5 Å². The highest BCUT2D eigenvalue weighted by Gasteiger charge is 2.30. The average Bonchev–Trinajstić information content (AvgIpc) is 2.46. The number of esters is 1. The highest BCUT2D eigenvalue weighted by molar-refractivity contribution is 5.69. The van der Waals surface area contributed by atoms with Crippen molar-refractivity contribution < 1.29 is 9.53 Å². The van der Waals surface area contributed by atoms with Crippen LogP contribution in [-0.2, 0) is 9.53 Å². The molecule has 2 aliphatic rings. The normalized spacial score (nSPS) is 32.0. The molecule has 2 fully saturated rings. The zero-order valence-electron chi connectivity index (χ0n) is 13.1. The summed E-state index contributed by atoms with van der Waals surface area (Å²) in [5.41, 5.74) is 0. The molecule has 2 aliphatic heterocycles. The molecule has 3 unspecified atom stereocenters. The quantitative estimate of drug-likeness (QED) is 0.784. The summed E-state index contributed by atoms with van der Waals surface area (Å²) in [6.07, 6.45) is 5.41. The Kier molecular flexibility index (Phi) is 6.30. The molecule has 2 heterocycles. The van der Waals surface area contributed by atoms with E-state index in [-0.39, 0.29) is 5.97 Å². The Morgan fingerprint density at radius 2 is 2.25 bits per heavy atom. The summed E-state index contributed by atoms with van der Waals surface area (Å²) in [6.45, 7) is 9.45. The molecule has 0 aliphatic carbocycles. The lowest BCUT2D eigenvalue weighted by molar-refractivity contribution is -0.143. The molecule has 0 saturated carbocycles. The number of ether oxygens (including phenoxy) is 1. The number of likely N-dealkylation sites (tertiary alicyclic amines) is 1. The summed E-state index contributed by atoms with van der Waals surface area (Å²) >= 11 is 0. The van der Waals surface area contributed by atoms with Gasteiger partial charge in [0.1, 0.15) is 0 Å². The summed E-state index contributed by atoms with van der Waals surface area (Å²) in [4.78, 5) is 14.2. The third-order valence-corrected chi connectivity index (χ3v) is 4.82.